The van der Waals surface area contributed by atoms with E-state index < -0.39 is 6.04 Å². The molecule has 1 N–H and O–H groups in total. The maximum absolute atomic E-state index is 12.4. The van der Waals surface area contributed by atoms with Crippen LogP contribution >= 0.6 is 0 Å². The number of fused-ring (bicyclic) bond motifs is 1. The third kappa shape index (κ3) is 1.98. The number of likely N-dealkylation sites (N-methyl/N-ethyl adjacent to an activating group) is 1. The summed E-state index contributed by atoms with van der Waals surface area (Å²) in [7, 11) is 0. The van der Waals surface area contributed by atoms with Gasteiger partial charge in [0.05, 0.1) is 11.3 Å². The first kappa shape index (κ1) is 12.6. The Kier molecular flexibility index (Phi) is 3.36. The lowest BCUT2D eigenvalue weighted by atomic mass is 10.0. The molecule has 2 amide bonds. The second-order valence-electron chi connectivity index (χ2n) is 4.79. The van der Waals surface area contributed by atoms with Crippen molar-refractivity contribution in [1.29, 1.82) is 0 Å². The summed E-state index contributed by atoms with van der Waals surface area (Å²) >= 11 is 0. The van der Waals surface area contributed by atoms with Crippen LogP contribution in [0.25, 0.3) is 0 Å². The predicted molar refractivity (Wildman–Crippen MR) is 70.6 cm³/mol. The summed E-state index contributed by atoms with van der Waals surface area (Å²) in [5.41, 5.74) is 1.27. The molecule has 1 aromatic carbocycles. The van der Waals surface area contributed by atoms with Gasteiger partial charge in [-0.25, -0.2) is 0 Å². The molecule has 0 spiro atoms. The Morgan fingerprint density at radius 1 is 1.28 bits per heavy atom. The molecule has 0 saturated heterocycles. The van der Waals surface area contributed by atoms with Gasteiger partial charge in [0.25, 0.3) is 5.91 Å². The van der Waals surface area contributed by atoms with Crippen LogP contribution in [0.5, 0.6) is 0 Å². The van der Waals surface area contributed by atoms with Gasteiger partial charge in [-0.2, -0.15) is 0 Å². The van der Waals surface area contributed by atoms with E-state index in [4.69, 9.17) is 0 Å². The molecule has 1 heterocycles. The molecule has 1 aliphatic rings. The van der Waals surface area contributed by atoms with Gasteiger partial charge in [0, 0.05) is 6.54 Å². The zero-order valence-electron chi connectivity index (χ0n) is 10.9. The Hall–Kier alpha value is -1.84. The summed E-state index contributed by atoms with van der Waals surface area (Å²) in [5, 5.41) is 2.82. The lowest BCUT2D eigenvalue weighted by Gasteiger charge is -2.25. The van der Waals surface area contributed by atoms with Gasteiger partial charge in [-0.05, 0) is 25.0 Å². The molecule has 0 fully saturated rings. The normalized spacial score (nSPS) is 19.6. The number of amides is 2. The number of hydrogen-bond acceptors (Lipinski definition) is 2. The Morgan fingerprint density at radius 2 is 1.94 bits per heavy atom. The van der Waals surface area contributed by atoms with Crippen LogP contribution in [0.4, 0.5) is 5.69 Å². The first-order valence-electron chi connectivity index (χ1n) is 6.27. The first-order valence-corrected chi connectivity index (χ1v) is 6.27. The molecule has 18 heavy (non-hydrogen) atoms. The van der Waals surface area contributed by atoms with Crippen LogP contribution in [0.3, 0.4) is 0 Å². The van der Waals surface area contributed by atoms with Crippen LogP contribution in [-0.4, -0.2) is 24.4 Å². The highest BCUT2D eigenvalue weighted by Crippen LogP contribution is 2.25. The number of carbonyl (C=O) groups is 2. The second kappa shape index (κ2) is 4.80. The van der Waals surface area contributed by atoms with Crippen LogP contribution in [0.15, 0.2) is 24.3 Å². The van der Waals surface area contributed by atoms with Crippen LogP contribution in [0.2, 0.25) is 0 Å². The van der Waals surface area contributed by atoms with Crippen molar-refractivity contribution >= 4 is 17.5 Å². The molecule has 0 aliphatic carbocycles. The van der Waals surface area contributed by atoms with Gasteiger partial charge in [0.15, 0.2) is 0 Å². The summed E-state index contributed by atoms with van der Waals surface area (Å²) < 4.78 is 0. The number of rotatable bonds is 2. The van der Waals surface area contributed by atoms with E-state index in [1.807, 2.05) is 39.0 Å². The van der Waals surface area contributed by atoms with Gasteiger partial charge in [0.2, 0.25) is 5.91 Å². The maximum Gasteiger partial charge on any atom is 0.254 e. The van der Waals surface area contributed by atoms with E-state index in [-0.39, 0.29) is 17.7 Å². The van der Waals surface area contributed by atoms with E-state index in [1.165, 1.54) is 0 Å². The summed E-state index contributed by atoms with van der Waals surface area (Å²) in [6.07, 6.45) is 0. The fraction of sp³-hybridized carbons (Fsp3) is 0.429. The molecule has 1 aliphatic heterocycles. The molecule has 96 valence electrons. The van der Waals surface area contributed by atoms with Crippen molar-refractivity contribution in [3.05, 3.63) is 29.8 Å². The van der Waals surface area contributed by atoms with Crippen molar-refractivity contribution in [2.45, 2.75) is 26.8 Å². The molecule has 0 bridgehead atoms. The second-order valence-corrected chi connectivity index (χ2v) is 4.79. The van der Waals surface area contributed by atoms with Crippen molar-refractivity contribution in [2.24, 2.45) is 5.92 Å². The minimum Gasteiger partial charge on any atom is -0.340 e. The molecule has 0 radical (unpaired) electrons. The zero-order valence-corrected chi connectivity index (χ0v) is 10.9. The standard InChI is InChI=1S/C14H18N2O2/c1-4-16-11-8-6-5-7-10(11)13(17)15-12(9(2)3)14(16)18/h5-9,12H,4H2,1-3H3,(H,15,17). The third-order valence-electron chi connectivity index (χ3n) is 3.24. The minimum atomic E-state index is -0.454. The highest BCUT2D eigenvalue weighted by Gasteiger charge is 2.34. The van der Waals surface area contributed by atoms with E-state index in [0.29, 0.717) is 17.8 Å². The number of nitrogens with zero attached hydrogens (tertiary/aromatic N) is 1. The summed E-state index contributed by atoms with van der Waals surface area (Å²) in [5.74, 6) is -0.135. The predicted octanol–water partition coefficient (Wildman–Crippen LogP) is 1.81. The van der Waals surface area contributed by atoms with E-state index >= 15 is 0 Å². The minimum absolute atomic E-state index is 0.0363. The van der Waals surface area contributed by atoms with E-state index in [2.05, 4.69) is 5.32 Å². The highest BCUT2D eigenvalue weighted by atomic mass is 16.2. The van der Waals surface area contributed by atoms with Crippen LogP contribution < -0.4 is 10.2 Å². The summed E-state index contributed by atoms with van der Waals surface area (Å²) in [4.78, 5) is 26.3. The molecular weight excluding hydrogens is 228 g/mol. The van der Waals surface area contributed by atoms with Gasteiger partial charge in [-0.1, -0.05) is 26.0 Å². The topological polar surface area (TPSA) is 49.4 Å². The largest absolute Gasteiger partial charge is 0.340 e. The van der Waals surface area contributed by atoms with E-state index in [1.54, 1.807) is 11.0 Å². The van der Waals surface area contributed by atoms with Crippen LogP contribution in [0.1, 0.15) is 31.1 Å². The summed E-state index contributed by atoms with van der Waals surface area (Å²) in [6.45, 7) is 6.36. The number of anilines is 1. The molecule has 0 aromatic heterocycles. The smallest absolute Gasteiger partial charge is 0.254 e. The summed E-state index contributed by atoms with van der Waals surface area (Å²) in [6, 6.07) is 6.77. The van der Waals surface area contributed by atoms with E-state index in [0.717, 1.165) is 0 Å². The average molecular weight is 246 g/mol. The lowest BCUT2D eigenvalue weighted by molar-refractivity contribution is -0.121. The van der Waals surface area contributed by atoms with Crippen LogP contribution in [0, 0.1) is 5.92 Å². The fourth-order valence-corrected chi connectivity index (χ4v) is 2.25. The molecule has 4 heteroatoms. The SMILES string of the molecule is CCN1C(=O)C(C(C)C)NC(=O)c2ccccc21. The van der Waals surface area contributed by atoms with Gasteiger partial charge < -0.3 is 10.2 Å². The molecule has 4 nitrogen and oxygen atoms in total. The third-order valence-corrected chi connectivity index (χ3v) is 3.24. The first-order chi connectivity index (χ1) is 8.56. The number of benzene rings is 1. The monoisotopic (exact) mass is 246 g/mol. The number of hydrogen-bond donors (Lipinski definition) is 1. The lowest BCUT2D eigenvalue weighted by Crippen LogP contribution is -2.48. The van der Waals surface area contributed by atoms with Crippen LogP contribution in [-0.2, 0) is 4.79 Å². The number of carbonyl (C=O) groups excluding carboxylic acids is 2. The van der Waals surface area contributed by atoms with Gasteiger partial charge in [-0.3, -0.25) is 9.59 Å². The Labute approximate surface area is 107 Å². The van der Waals surface area contributed by atoms with Crippen molar-refractivity contribution < 1.29 is 9.59 Å². The van der Waals surface area contributed by atoms with E-state index in [9.17, 15) is 9.59 Å². The highest BCUT2D eigenvalue weighted by molar-refractivity contribution is 6.10. The molecule has 1 aromatic rings. The fourth-order valence-electron chi connectivity index (χ4n) is 2.25. The van der Waals surface area contributed by atoms with Crippen molar-refractivity contribution in [1.82, 2.24) is 5.32 Å². The molecule has 0 saturated carbocycles. The average Bonchev–Trinajstić information content (AvgIpc) is 2.46. The van der Waals surface area contributed by atoms with Gasteiger partial charge >= 0.3 is 0 Å². The quantitative estimate of drug-likeness (QED) is 0.865. The Balaban J connectivity index is 2.53. The molecule has 1 atom stereocenters. The maximum atomic E-state index is 12.4. The zero-order chi connectivity index (χ0) is 13.3. The Morgan fingerprint density at radius 3 is 2.56 bits per heavy atom. The van der Waals surface area contributed by atoms with Crippen molar-refractivity contribution in [3.8, 4) is 0 Å². The van der Waals surface area contributed by atoms with Crippen molar-refractivity contribution in [3.63, 3.8) is 0 Å². The van der Waals surface area contributed by atoms with Gasteiger partial charge in [0.1, 0.15) is 6.04 Å². The number of nitrogens with one attached hydrogen (secondary N) is 1. The Bertz CT molecular complexity index is 482. The number of para-hydroxylation sites is 1. The molecular formula is C14H18N2O2. The molecule has 2 rings (SSSR count). The van der Waals surface area contributed by atoms with Crippen molar-refractivity contribution in [2.75, 3.05) is 11.4 Å². The van der Waals surface area contributed by atoms with Gasteiger partial charge in [-0.15, -0.1) is 0 Å². The molecule has 1 unspecified atom stereocenters.